The fraction of sp³-hybridized carbons (Fsp3) is 0.308. The molecule has 0 bridgehead atoms. The number of carbonyl (C=O) groups excluding carboxylic acids is 1. The molecule has 0 radical (unpaired) electrons. The number of nitrogens with one attached hydrogen (secondary N) is 1. The molecular weight excluding hydrogens is 434 g/mol. The van der Waals surface area contributed by atoms with Crippen molar-refractivity contribution in [2.45, 2.75) is 50.3 Å². The monoisotopic (exact) mass is 463 g/mol. The number of aromatic nitrogens is 1. The Balaban J connectivity index is 1.83. The smallest absolute Gasteiger partial charge is 0.268 e. The van der Waals surface area contributed by atoms with Gasteiger partial charge in [-0.15, -0.1) is 0 Å². The van der Waals surface area contributed by atoms with Crippen molar-refractivity contribution in [2.24, 2.45) is 0 Å². The zero-order valence-corrected chi connectivity index (χ0v) is 19.6. The number of benzene rings is 2. The average molecular weight is 464 g/mol. The molecule has 6 nitrogen and oxygen atoms in total. The molecule has 1 amide bonds. The third-order valence-corrected chi connectivity index (χ3v) is 7.18. The van der Waals surface area contributed by atoms with Crippen LogP contribution in [-0.2, 0) is 14.8 Å². The third-order valence-electron chi connectivity index (χ3n) is 5.49. The van der Waals surface area contributed by atoms with Crippen molar-refractivity contribution in [2.75, 3.05) is 6.54 Å². The predicted molar refractivity (Wildman–Crippen MR) is 131 cm³/mol. The van der Waals surface area contributed by atoms with E-state index in [1.807, 2.05) is 6.07 Å². The Kier molecular flexibility index (Phi) is 8.45. The van der Waals surface area contributed by atoms with Crippen LogP contribution in [0, 0.1) is 11.3 Å². The average Bonchev–Trinajstić information content (AvgIpc) is 3.21. The second-order valence-corrected chi connectivity index (χ2v) is 9.72. The molecule has 0 aliphatic rings. The minimum atomic E-state index is -3.83. The lowest BCUT2D eigenvalue weighted by Crippen LogP contribution is -2.25. The first-order chi connectivity index (χ1) is 16.0. The molecule has 0 spiro atoms. The van der Waals surface area contributed by atoms with Crippen LogP contribution in [0.4, 0.5) is 0 Å². The van der Waals surface area contributed by atoms with E-state index in [-0.39, 0.29) is 10.5 Å². The normalized spacial score (nSPS) is 11.9. The zero-order chi connectivity index (χ0) is 23.7. The van der Waals surface area contributed by atoms with E-state index in [1.165, 1.54) is 47.6 Å². The number of para-hydroxylation sites is 1. The highest BCUT2D eigenvalue weighted by Crippen LogP contribution is 2.27. The highest BCUT2D eigenvalue weighted by molar-refractivity contribution is 7.90. The van der Waals surface area contributed by atoms with Gasteiger partial charge in [0.25, 0.3) is 15.9 Å². The number of nitrogens with zero attached hydrogens (tertiary/aromatic N) is 2. The van der Waals surface area contributed by atoms with Gasteiger partial charge in [0.05, 0.1) is 10.4 Å². The predicted octanol–water partition coefficient (Wildman–Crippen LogP) is 5.26. The van der Waals surface area contributed by atoms with E-state index in [4.69, 9.17) is 0 Å². The molecule has 0 fully saturated rings. The zero-order valence-electron chi connectivity index (χ0n) is 18.8. The van der Waals surface area contributed by atoms with Crippen LogP contribution in [0.3, 0.4) is 0 Å². The fourth-order valence-corrected chi connectivity index (χ4v) is 5.10. The molecule has 1 aromatic heterocycles. The molecule has 0 atom stereocenters. The van der Waals surface area contributed by atoms with Crippen molar-refractivity contribution in [3.05, 3.63) is 71.9 Å². The van der Waals surface area contributed by atoms with Crippen molar-refractivity contribution in [3.63, 3.8) is 0 Å². The number of rotatable bonds is 11. The summed E-state index contributed by atoms with van der Waals surface area (Å²) in [6, 6.07) is 17.2. The van der Waals surface area contributed by atoms with Crippen molar-refractivity contribution < 1.29 is 13.2 Å². The van der Waals surface area contributed by atoms with Gasteiger partial charge in [0.15, 0.2) is 0 Å². The van der Waals surface area contributed by atoms with Crippen LogP contribution in [0.15, 0.2) is 71.3 Å². The Bertz CT molecular complexity index is 1270. The summed E-state index contributed by atoms with van der Waals surface area (Å²) in [7, 11) is -3.83. The number of nitriles is 1. The van der Waals surface area contributed by atoms with E-state index in [9.17, 15) is 18.5 Å². The van der Waals surface area contributed by atoms with E-state index in [2.05, 4.69) is 12.2 Å². The lowest BCUT2D eigenvalue weighted by Gasteiger charge is -2.07. The van der Waals surface area contributed by atoms with Gasteiger partial charge in [0.2, 0.25) is 0 Å². The quantitative estimate of drug-likeness (QED) is 0.238. The number of hydrogen-bond donors (Lipinski definition) is 1. The van der Waals surface area contributed by atoms with Crippen molar-refractivity contribution in [1.29, 1.82) is 5.26 Å². The molecule has 0 aliphatic carbocycles. The highest BCUT2D eigenvalue weighted by Gasteiger charge is 2.21. The lowest BCUT2D eigenvalue weighted by molar-refractivity contribution is -0.117. The van der Waals surface area contributed by atoms with Crippen LogP contribution >= 0.6 is 0 Å². The SMILES string of the molecule is CCCCCCCCNC(=O)/C(C#N)=C/c1cn(S(=O)(=O)c2ccccc2)c2ccccc12. The molecular formula is C26H29N3O3S. The molecule has 0 unspecified atom stereocenters. The summed E-state index contributed by atoms with van der Waals surface area (Å²) in [5.41, 5.74) is 0.926. The Labute approximate surface area is 195 Å². The first-order valence-corrected chi connectivity index (χ1v) is 12.7. The largest absolute Gasteiger partial charge is 0.351 e. The van der Waals surface area contributed by atoms with Crippen LogP contribution < -0.4 is 5.32 Å². The van der Waals surface area contributed by atoms with Gasteiger partial charge in [0.1, 0.15) is 11.6 Å². The van der Waals surface area contributed by atoms with Gasteiger partial charge in [-0.05, 0) is 30.7 Å². The van der Waals surface area contributed by atoms with Gasteiger partial charge in [-0.2, -0.15) is 5.26 Å². The maximum absolute atomic E-state index is 13.2. The Morgan fingerprint density at radius 2 is 1.67 bits per heavy atom. The summed E-state index contributed by atoms with van der Waals surface area (Å²) in [6.07, 6.45) is 9.57. The number of fused-ring (bicyclic) bond motifs is 1. The molecule has 0 saturated heterocycles. The lowest BCUT2D eigenvalue weighted by atomic mass is 10.1. The fourth-order valence-electron chi connectivity index (χ4n) is 3.70. The Morgan fingerprint density at radius 1 is 1.00 bits per heavy atom. The van der Waals surface area contributed by atoms with Gasteiger partial charge in [-0.1, -0.05) is 75.4 Å². The number of unbranched alkanes of at least 4 members (excludes halogenated alkanes) is 5. The minimum absolute atomic E-state index is 0.0546. The van der Waals surface area contributed by atoms with E-state index in [0.717, 1.165) is 19.3 Å². The van der Waals surface area contributed by atoms with Crippen LogP contribution in [0.2, 0.25) is 0 Å². The molecule has 33 heavy (non-hydrogen) atoms. The van der Waals surface area contributed by atoms with E-state index < -0.39 is 15.9 Å². The highest BCUT2D eigenvalue weighted by atomic mass is 32.2. The number of amides is 1. The summed E-state index contributed by atoms with van der Waals surface area (Å²) in [5, 5.41) is 13.0. The van der Waals surface area contributed by atoms with Gasteiger partial charge >= 0.3 is 0 Å². The summed E-state index contributed by atoms with van der Waals surface area (Å²) < 4.78 is 27.6. The van der Waals surface area contributed by atoms with Gasteiger partial charge < -0.3 is 5.32 Å². The van der Waals surface area contributed by atoms with E-state index in [0.29, 0.717) is 23.0 Å². The molecule has 1 heterocycles. The van der Waals surface area contributed by atoms with Crippen LogP contribution in [-0.4, -0.2) is 24.8 Å². The molecule has 2 aromatic carbocycles. The molecule has 3 rings (SSSR count). The second kappa shape index (κ2) is 11.5. The molecule has 0 aliphatic heterocycles. The van der Waals surface area contributed by atoms with Crippen LogP contribution in [0.25, 0.3) is 17.0 Å². The maximum Gasteiger partial charge on any atom is 0.268 e. The number of hydrogen-bond acceptors (Lipinski definition) is 4. The molecule has 1 N–H and O–H groups in total. The second-order valence-electron chi connectivity index (χ2n) is 7.91. The summed E-state index contributed by atoms with van der Waals surface area (Å²) in [6.45, 7) is 2.68. The topological polar surface area (TPSA) is 92.0 Å². The Morgan fingerprint density at radius 3 is 2.39 bits per heavy atom. The van der Waals surface area contributed by atoms with Crippen molar-refractivity contribution in [1.82, 2.24) is 9.29 Å². The molecule has 172 valence electrons. The van der Waals surface area contributed by atoms with Gasteiger partial charge in [-0.3, -0.25) is 4.79 Å². The van der Waals surface area contributed by atoms with Crippen molar-refractivity contribution >= 4 is 32.9 Å². The van der Waals surface area contributed by atoms with E-state index in [1.54, 1.807) is 42.5 Å². The van der Waals surface area contributed by atoms with Crippen molar-refractivity contribution in [3.8, 4) is 6.07 Å². The Hall–Kier alpha value is -3.37. The standard InChI is InChI=1S/C26H29N3O3S/c1-2-3-4-5-6-12-17-28-26(30)21(19-27)18-22-20-29(25-16-11-10-15-24(22)25)33(31,32)23-13-8-7-9-14-23/h7-11,13-16,18,20H,2-6,12,17H2,1H3,(H,28,30)/b21-18+. The number of carbonyl (C=O) groups is 1. The van der Waals surface area contributed by atoms with Crippen LogP contribution in [0.5, 0.6) is 0 Å². The first kappa shape index (κ1) is 24.3. The molecule has 0 saturated carbocycles. The summed E-state index contributed by atoms with van der Waals surface area (Å²) in [5.74, 6) is -0.450. The van der Waals surface area contributed by atoms with Gasteiger partial charge in [-0.25, -0.2) is 12.4 Å². The van der Waals surface area contributed by atoms with Crippen LogP contribution in [0.1, 0.15) is 51.0 Å². The minimum Gasteiger partial charge on any atom is -0.351 e. The maximum atomic E-state index is 13.2. The summed E-state index contributed by atoms with van der Waals surface area (Å²) in [4.78, 5) is 12.7. The van der Waals surface area contributed by atoms with E-state index >= 15 is 0 Å². The molecule has 7 heteroatoms. The summed E-state index contributed by atoms with van der Waals surface area (Å²) >= 11 is 0. The molecule has 3 aromatic rings. The first-order valence-electron chi connectivity index (χ1n) is 11.3. The van der Waals surface area contributed by atoms with Gasteiger partial charge in [0, 0.05) is 23.7 Å². The third kappa shape index (κ3) is 5.91.